The summed E-state index contributed by atoms with van der Waals surface area (Å²) in [6.45, 7) is 12.9. The highest BCUT2D eigenvalue weighted by molar-refractivity contribution is 5.91. The lowest BCUT2D eigenvalue weighted by Gasteiger charge is -2.41. The zero-order valence-corrected chi connectivity index (χ0v) is 25.2. The molecule has 10 heteroatoms. The molecule has 3 aliphatic heterocycles. The predicted octanol–water partition coefficient (Wildman–Crippen LogP) is 1.43. The Morgan fingerprint density at radius 3 is 2.13 bits per heavy atom. The van der Waals surface area contributed by atoms with E-state index >= 15 is 0 Å². The van der Waals surface area contributed by atoms with Crippen molar-refractivity contribution in [1.82, 2.24) is 24.9 Å². The summed E-state index contributed by atoms with van der Waals surface area (Å²) in [7, 11) is 3.79. The van der Waals surface area contributed by atoms with Gasteiger partial charge in [-0.15, -0.1) is 0 Å². The lowest BCUT2D eigenvalue weighted by atomic mass is 9.84. The van der Waals surface area contributed by atoms with Gasteiger partial charge >= 0.3 is 0 Å². The van der Waals surface area contributed by atoms with E-state index in [0.717, 1.165) is 51.6 Å². The summed E-state index contributed by atoms with van der Waals surface area (Å²) in [5.74, 6) is -0.517. The molecule has 0 bridgehead atoms. The number of nitrogens with two attached hydrogens (primary N) is 1. The summed E-state index contributed by atoms with van der Waals surface area (Å²) in [4.78, 5) is 60.4. The first-order valence-corrected chi connectivity index (χ1v) is 14.8. The van der Waals surface area contributed by atoms with Crippen molar-refractivity contribution in [3.63, 3.8) is 0 Å². The maximum absolute atomic E-state index is 14.0. The minimum atomic E-state index is -0.663. The van der Waals surface area contributed by atoms with Gasteiger partial charge in [-0.25, -0.2) is 0 Å². The van der Waals surface area contributed by atoms with Crippen molar-refractivity contribution in [3.8, 4) is 0 Å². The van der Waals surface area contributed by atoms with Gasteiger partial charge in [-0.2, -0.15) is 0 Å². The largest absolute Gasteiger partial charge is 0.368 e. The van der Waals surface area contributed by atoms with Crippen LogP contribution >= 0.6 is 0 Å². The van der Waals surface area contributed by atoms with E-state index in [9.17, 15) is 19.2 Å². The number of likely N-dealkylation sites (N-methyl/N-ethyl adjacent to an activating group) is 2. The van der Waals surface area contributed by atoms with Gasteiger partial charge < -0.3 is 20.9 Å². The molecule has 0 radical (unpaired) electrons. The maximum atomic E-state index is 14.0. The monoisotopic (exact) mass is 548 g/mol. The Hall–Kier alpha value is -2.20. The van der Waals surface area contributed by atoms with Crippen LogP contribution < -0.4 is 11.1 Å². The molecule has 3 rings (SSSR count). The Bertz CT molecular complexity index is 903. The molecule has 0 aromatic carbocycles. The van der Waals surface area contributed by atoms with Crippen LogP contribution in [-0.4, -0.2) is 114 Å². The summed E-state index contributed by atoms with van der Waals surface area (Å²) < 4.78 is 0. The topological polar surface area (TPSA) is 119 Å². The normalized spacial score (nSPS) is 26.5. The highest BCUT2D eigenvalue weighted by Gasteiger charge is 2.43. The van der Waals surface area contributed by atoms with Gasteiger partial charge in [-0.05, 0) is 70.0 Å². The second kappa shape index (κ2) is 13.0. The number of primary amides is 1. The number of amides is 4. The molecule has 0 spiro atoms. The van der Waals surface area contributed by atoms with E-state index in [1.807, 2.05) is 34.9 Å². The lowest BCUT2D eigenvalue weighted by molar-refractivity contribution is -0.144. The number of carbonyl (C=O) groups is 4. The molecule has 222 valence electrons. The van der Waals surface area contributed by atoms with E-state index < -0.39 is 23.4 Å². The molecule has 3 saturated heterocycles. The van der Waals surface area contributed by atoms with Crippen LogP contribution in [0.4, 0.5) is 0 Å². The molecule has 3 N–H and O–H groups in total. The van der Waals surface area contributed by atoms with Crippen molar-refractivity contribution in [1.29, 1.82) is 0 Å². The van der Waals surface area contributed by atoms with E-state index in [2.05, 4.69) is 29.0 Å². The minimum Gasteiger partial charge on any atom is -0.368 e. The van der Waals surface area contributed by atoms with Gasteiger partial charge in [0, 0.05) is 26.2 Å². The van der Waals surface area contributed by atoms with Crippen LogP contribution in [0.3, 0.4) is 0 Å². The first-order chi connectivity index (χ1) is 18.2. The number of likely N-dealkylation sites (tertiary alicyclic amines) is 3. The third-order valence-electron chi connectivity index (χ3n) is 9.02. The van der Waals surface area contributed by atoms with Crippen LogP contribution in [0.5, 0.6) is 0 Å². The minimum absolute atomic E-state index is 0.0262. The van der Waals surface area contributed by atoms with Gasteiger partial charge in [0.15, 0.2) is 0 Å². The quantitative estimate of drug-likeness (QED) is 0.450. The fraction of sp³-hybridized carbons (Fsp3) is 0.862. The van der Waals surface area contributed by atoms with Crippen LogP contribution in [0.15, 0.2) is 0 Å². The van der Waals surface area contributed by atoms with Crippen LogP contribution in [-0.2, 0) is 19.2 Å². The molecule has 0 aliphatic carbocycles. The number of piperidine rings is 1. The Morgan fingerprint density at radius 2 is 1.54 bits per heavy atom. The Labute approximate surface area is 235 Å². The molecule has 4 amide bonds. The second-order valence-corrected chi connectivity index (χ2v) is 13.3. The van der Waals surface area contributed by atoms with Crippen LogP contribution in [0.2, 0.25) is 0 Å². The van der Waals surface area contributed by atoms with Crippen LogP contribution in [0.1, 0.15) is 79.6 Å². The number of nitrogens with zero attached hydrogens (tertiary/aromatic N) is 4. The Balaban J connectivity index is 1.74. The van der Waals surface area contributed by atoms with Crippen molar-refractivity contribution in [2.24, 2.45) is 17.1 Å². The smallest absolute Gasteiger partial charge is 0.245 e. The average Bonchev–Trinajstić information content (AvgIpc) is 3.54. The molecule has 10 nitrogen and oxygen atoms in total. The van der Waals surface area contributed by atoms with Crippen molar-refractivity contribution in [2.75, 3.05) is 40.3 Å². The Kier molecular flexibility index (Phi) is 10.4. The van der Waals surface area contributed by atoms with Crippen molar-refractivity contribution < 1.29 is 19.2 Å². The van der Waals surface area contributed by atoms with Gasteiger partial charge in [-0.3, -0.25) is 29.0 Å². The highest BCUT2D eigenvalue weighted by Crippen LogP contribution is 2.28. The summed E-state index contributed by atoms with van der Waals surface area (Å²) in [6.07, 6.45) is 5.93. The molecule has 5 atom stereocenters. The molecule has 3 heterocycles. The molecule has 2 unspecified atom stereocenters. The third kappa shape index (κ3) is 7.31. The second-order valence-electron chi connectivity index (χ2n) is 13.3. The van der Waals surface area contributed by atoms with Gasteiger partial charge in [0.25, 0.3) is 0 Å². The molecule has 39 heavy (non-hydrogen) atoms. The summed E-state index contributed by atoms with van der Waals surface area (Å²) in [6, 6.07) is -1.85. The maximum Gasteiger partial charge on any atom is 0.245 e. The van der Waals surface area contributed by atoms with Gasteiger partial charge in [0.05, 0.1) is 12.1 Å². The molecule has 0 aromatic heterocycles. The lowest BCUT2D eigenvalue weighted by Crippen LogP contribution is -2.61. The van der Waals surface area contributed by atoms with E-state index in [4.69, 9.17) is 5.73 Å². The van der Waals surface area contributed by atoms with E-state index in [-0.39, 0.29) is 41.8 Å². The number of rotatable bonds is 9. The summed E-state index contributed by atoms with van der Waals surface area (Å²) >= 11 is 0. The molecular formula is C29H52N6O4. The number of hydrogen-bond donors (Lipinski definition) is 2. The first-order valence-electron chi connectivity index (χ1n) is 14.8. The zero-order valence-electron chi connectivity index (χ0n) is 25.2. The molecule has 3 fully saturated rings. The first kappa shape index (κ1) is 31.3. The van der Waals surface area contributed by atoms with E-state index in [1.165, 1.54) is 0 Å². The molecule has 0 aromatic rings. The summed E-state index contributed by atoms with van der Waals surface area (Å²) in [5.41, 5.74) is 5.11. The van der Waals surface area contributed by atoms with Crippen molar-refractivity contribution in [2.45, 2.75) is 110 Å². The molecule has 0 saturated carbocycles. The summed E-state index contributed by atoms with van der Waals surface area (Å²) in [5, 5.41) is 3.11. The highest BCUT2D eigenvalue weighted by atomic mass is 16.2. The van der Waals surface area contributed by atoms with Gasteiger partial charge in [0.1, 0.15) is 12.1 Å². The number of hydrogen-bond acceptors (Lipinski definition) is 6. The fourth-order valence-corrected chi connectivity index (χ4v) is 6.52. The third-order valence-corrected chi connectivity index (χ3v) is 9.02. The van der Waals surface area contributed by atoms with E-state index in [0.29, 0.717) is 19.5 Å². The van der Waals surface area contributed by atoms with Gasteiger partial charge in [0.2, 0.25) is 23.6 Å². The zero-order chi connectivity index (χ0) is 29.1. The average molecular weight is 549 g/mol. The van der Waals surface area contributed by atoms with E-state index in [1.54, 1.807) is 9.80 Å². The SMILES string of the molecule is CC(C)[C@@H](CN1CCCC1C(=O)N1CCC[C@H]1C(N)=O)N(C)C(=O)C(NC(=O)[C@H]1CCCCN1C)C(C)(C)C. The van der Waals surface area contributed by atoms with Crippen LogP contribution in [0.25, 0.3) is 0 Å². The van der Waals surface area contributed by atoms with Crippen molar-refractivity contribution in [3.05, 3.63) is 0 Å². The number of carbonyl (C=O) groups excluding carboxylic acids is 4. The fourth-order valence-electron chi connectivity index (χ4n) is 6.52. The van der Waals surface area contributed by atoms with Gasteiger partial charge in [-0.1, -0.05) is 41.0 Å². The van der Waals surface area contributed by atoms with Crippen LogP contribution in [0, 0.1) is 11.3 Å². The van der Waals surface area contributed by atoms with Crippen molar-refractivity contribution >= 4 is 23.6 Å². The number of nitrogens with one attached hydrogen (secondary N) is 1. The predicted molar refractivity (Wildman–Crippen MR) is 152 cm³/mol. The molecule has 3 aliphatic rings. The Morgan fingerprint density at radius 1 is 0.923 bits per heavy atom. The molecular weight excluding hydrogens is 496 g/mol. The standard InChI is InChI=1S/C29H52N6O4/c1-19(2)23(18-34-16-10-14-22(34)27(38)35-17-11-13-20(35)25(30)36)33(7)28(39)24(29(3,4)5)31-26(37)21-12-8-9-15-32(21)6/h19-24H,8-18H2,1-7H3,(H2,30,36)(H,31,37)/t20-,21+,22?,23+,24?/m0/s1.